The zero-order valence-electron chi connectivity index (χ0n) is 4.82. The van der Waals surface area contributed by atoms with Gasteiger partial charge in [0.2, 0.25) is 0 Å². The van der Waals surface area contributed by atoms with Gasteiger partial charge in [0, 0.05) is 0 Å². The molecule has 0 atom stereocenters. The minimum Gasteiger partial charge on any atom is -0.444 e. The highest BCUT2D eigenvalue weighted by atomic mass is 79.9. The van der Waals surface area contributed by atoms with E-state index in [0.717, 1.165) is 0 Å². The predicted molar refractivity (Wildman–Crippen MR) is 43.5 cm³/mol. The van der Waals surface area contributed by atoms with Crippen LogP contribution in [0.2, 0.25) is 4.47 Å². The SMILES string of the molecule is F[B-](F)(F)c1sc(Cl)nc1Br. The largest absolute Gasteiger partial charge is 0.522 e. The summed E-state index contributed by atoms with van der Waals surface area (Å²) in [7, 11) is 0. The number of hydrogen-bond donors (Lipinski definition) is 0. The van der Waals surface area contributed by atoms with Crippen molar-refractivity contribution in [2.45, 2.75) is 0 Å². The van der Waals surface area contributed by atoms with Crippen LogP contribution < -0.4 is 4.78 Å². The number of halogens is 5. The van der Waals surface area contributed by atoms with E-state index < -0.39 is 11.8 Å². The molecular formula is C3BBrClF3NS-. The highest BCUT2D eigenvalue weighted by Crippen LogP contribution is 2.23. The molecule has 1 aromatic heterocycles. The summed E-state index contributed by atoms with van der Waals surface area (Å²) in [5.41, 5.74) is 0. The highest BCUT2D eigenvalue weighted by Gasteiger charge is 2.31. The second-order valence-corrected chi connectivity index (χ2v) is 4.06. The Morgan fingerprint density at radius 1 is 1.45 bits per heavy atom. The van der Waals surface area contributed by atoms with E-state index in [1.165, 1.54) is 0 Å². The zero-order valence-corrected chi connectivity index (χ0v) is 7.98. The first-order valence-electron chi connectivity index (χ1n) is 2.43. The number of thiazole rings is 1. The molecule has 1 aromatic rings. The van der Waals surface area contributed by atoms with E-state index in [1.54, 1.807) is 0 Å². The van der Waals surface area contributed by atoms with Gasteiger partial charge in [-0.2, -0.15) is 0 Å². The van der Waals surface area contributed by atoms with E-state index in [2.05, 4.69) is 20.9 Å². The number of rotatable bonds is 1. The van der Waals surface area contributed by atoms with Gasteiger partial charge in [-0.05, 0) is 20.7 Å². The standard InChI is InChI=1S/C3BBrClF3NS/c5-2-1(4(7,8)9)11-3(6)10-2/q-1. The smallest absolute Gasteiger partial charge is 0.444 e. The van der Waals surface area contributed by atoms with Crippen molar-refractivity contribution in [2.24, 2.45) is 0 Å². The van der Waals surface area contributed by atoms with E-state index in [0.29, 0.717) is 11.3 Å². The molecule has 0 spiro atoms. The molecule has 0 fully saturated rings. The summed E-state index contributed by atoms with van der Waals surface area (Å²) in [6, 6.07) is 0. The minimum atomic E-state index is -4.98. The van der Waals surface area contributed by atoms with E-state index in [4.69, 9.17) is 11.6 Å². The van der Waals surface area contributed by atoms with Gasteiger partial charge in [-0.25, -0.2) is 4.98 Å². The second kappa shape index (κ2) is 2.95. The number of hydrogen-bond acceptors (Lipinski definition) is 2. The van der Waals surface area contributed by atoms with Crippen molar-refractivity contribution in [3.63, 3.8) is 0 Å². The summed E-state index contributed by atoms with van der Waals surface area (Å²) in [4.78, 5) is 3.37. The second-order valence-electron chi connectivity index (χ2n) is 1.70. The van der Waals surface area contributed by atoms with Crippen LogP contribution in [0.4, 0.5) is 12.9 Å². The van der Waals surface area contributed by atoms with Crippen LogP contribution in [0, 0.1) is 0 Å². The predicted octanol–water partition coefficient (Wildman–Crippen LogP) is 2.61. The first kappa shape index (κ1) is 9.34. The third kappa shape index (κ3) is 2.10. The molecule has 0 amide bonds. The van der Waals surface area contributed by atoms with Gasteiger partial charge in [0.15, 0.2) is 4.47 Å². The van der Waals surface area contributed by atoms with Crippen molar-refractivity contribution in [3.8, 4) is 0 Å². The highest BCUT2D eigenvalue weighted by molar-refractivity contribution is 9.10. The summed E-state index contributed by atoms with van der Waals surface area (Å²) < 4.78 is 35.0. The normalized spacial score (nSPS) is 12.1. The van der Waals surface area contributed by atoms with Gasteiger partial charge in [-0.3, -0.25) is 0 Å². The third-order valence-electron chi connectivity index (χ3n) is 0.881. The average Bonchev–Trinajstić information content (AvgIpc) is 2.08. The minimum absolute atomic E-state index is 0.105. The lowest BCUT2D eigenvalue weighted by atomic mass is 9.90. The molecule has 0 aliphatic rings. The van der Waals surface area contributed by atoms with Gasteiger partial charge in [-0.15, -0.1) is 11.3 Å². The van der Waals surface area contributed by atoms with Gasteiger partial charge in [0.25, 0.3) is 0 Å². The Morgan fingerprint density at radius 3 is 2.18 bits per heavy atom. The fraction of sp³-hybridized carbons (Fsp3) is 0. The monoisotopic (exact) mass is 264 g/mol. The molecule has 0 aliphatic heterocycles. The lowest BCUT2D eigenvalue weighted by Crippen LogP contribution is -2.32. The van der Waals surface area contributed by atoms with Crippen molar-refractivity contribution in [2.75, 3.05) is 0 Å². The van der Waals surface area contributed by atoms with Crippen LogP contribution in [-0.4, -0.2) is 12.0 Å². The molecule has 0 saturated heterocycles. The van der Waals surface area contributed by atoms with Crippen molar-refractivity contribution in [1.82, 2.24) is 4.98 Å². The molecule has 1 nitrogen and oxygen atoms in total. The fourth-order valence-corrected chi connectivity index (χ4v) is 2.30. The Labute approximate surface area is 77.8 Å². The van der Waals surface area contributed by atoms with Crippen molar-refractivity contribution in [1.29, 1.82) is 0 Å². The zero-order chi connectivity index (χ0) is 8.65. The van der Waals surface area contributed by atoms with Crippen molar-refractivity contribution in [3.05, 3.63) is 9.07 Å². The van der Waals surface area contributed by atoms with E-state index in [-0.39, 0.29) is 9.07 Å². The van der Waals surface area contributed by atoms with Gasteiger partial charge in [-0.1, -0.05) is 11.6 Å². The molecule has 1 heterocycles. The molecule has 0 unspecified atom stereocenters. The Morgan fingerprint density at radius 2 is 2.00 bits per heavy atom. The molecule has 0 saturated carbocycles. The van der Waals surface area contributed by atoms with Crippen LogP contribution in [0.25, 0.3) is 0 Å². The molecule has 0 aromatic carbocycles. The van der Waals surface area contributed by atoms with Crippen LogP contribution in [0.3, 0.4) is 0 Å². The number of aromatic nitrogens is 1. The average molecular weight is 265 g/mol. The maximum Gasteiger partial charge on any atom is 0.522 e. The topological polar surface area (TPSA) is 12.9 Å². The summed E-state index contributed by atoms with van der Waals surface area (Å²) in [5.74, 6) is 0. The molecule has 1 rings (SSSR count). The van der Waals surface area contributed by atoms with Gasteiger partial charge < -0.3 is 12.9 Å². The molecule has 0 N–H and O–H groups in total. The van der Waals surface area contributed by atoms with Crippen molar-refractivity contribution < 1.29 is 12.9 Å². The van der Waals surface area contributed by atoms with Gasteiger partial charge >= 0.3 is 6.98 Å². The Bertz CT molecular complexity index is 274. The van der Waals surface area contributed by atoms with Gasteiger partial charge in [0.05, 0.1) is 4.60 Å². The number of nitrogens with zero attached hydrogens (tertiary/aromatic N) is 1. The van der Waals surface area contributed by atoms with E-state index in [9.17, 15) is 12.9 Å². The summed E-state index contributed by atoms with van der Waals surface area (Å²) >= 11 is 8.35. The van der Waals surface area contributed by atoms with Crippen LogP contribution in [0.15, 0.2) is 4.60 Å². The third-order valence-corrected chi connectivity index (χ3v) is 3.00. The summed E-state index contributed by atoms with van der Waals surface area (Å²) in [6.07, 6.45) is 0. The first-order chi connectivity index (χ1) is 4.91. The van der Waals surface area contributed by atoms with Gasteiger partial charge in [0.1, 0.15) is 0 Å². The summed E-state index contributed by atoms with van der Waals surface area (Å²) in [5, 5.41) is 0. The Hall–Kier alpha value is 0.255. The lowest BCUT2D eigenvalue weighted by Gasteiger charge is -2.10. The molecule has 62 valence electrons. The molecular weight excluding hydrogens is 265 g/mol. The molecule has 0 aliphatic carbocycles. The molecule has 0 radical (unpaired) electrons. The van der Waals surface area contributed by atoms with Crippen LogP contribution in [-0.2, 0) is 0 Å². The van der Waals surface area contributed by atoms with E-state index in [1.807, 2.05) is 0 Å². The van der Waals surface area contributed by atoms with Crippen LogP contribution in [0.5, 0.6) is 0 Å². The van der Waals surface area contributed by atoms with Crippen LogP contribution in [0.1, 0.15) is 0 Å². The quantitative estimate of drug-likeness (QED) is 0.711. The Kier molecular flexibility index (Phi) is 2.51. The molecule has 11 heavy (non-hydrogen) atoms. The Balaban J connectivity index is 3.13. The van der Waals surface area contributed by atoms with Crippen LogP contribution >= 0.6 is 38.9 Å². The van der Waals surface area contributed by atoms with E-state index >= 15 is 0 Å². The maximum absolute atomic E-state index is 12.0. The van der Waals surface area contributed by atoms with Crippen molar-refractivity contribution >= 4 is 50.6 Å². The fourth-order valence-electron chi connectivity index (χ4n) is 0.490. The maximum atomic E-state index is 12.0. The molecule has 8 heteroatoms. The summed E-state index contributed by atoms with van der Waals surface area (Å²) in [6.45, 7) is -4.98. The lowest BCUT2D eigenvalue weighted by molar-refractivity contribution is 0.502. The molecule has 0 bridgehead atoms. The first-order valence-corrected chi connectivity index (χ1v) is 4.41.